The quantitative estimate of drug-likeness (QED) is 0.0277. The number of esters is 5. The van der Waals surface area contributed by atoms with Gasteiger partial charge in [-0.3, -0.25) is 24.0 Å². The van der Waals surface area contributed by atoms with Crippen LogP contribution in [-0.4, -0.2) is 118 Å². The van der Waals surface area contributed by atoms with Crippen molar-refractivity contribution < 1.29 is 52.4 Å². The highest BCUT2D eigenvalue weighted by Gasteiger charge is 2.52. The second kappa shape index (κ2) is 25.5. The molecule has 0 bridgehead atoms. The van der Waals surface area contributed by atoms with Gasteiger partial charge in [0.15, 0.2) is 5.41 Å². The van der Waals surface area contributed by atoms with Crippen LogP contribution in [0.4, 0.5) is 0 Å². The Hall–Kier alpha value is -2.85. The molecule has 0 spiro atoms. The summed E-state index contributed by atoms with van der Waals surface area (Å²) in [5, 5.41) is 14.7. The average Bonchev–Trinajstić information content (AvgIpc) is 3.20. The van der Waals surface area contributed by atoms with Crippen molar-refractivity contribution >= 4 is 29.8 Å². The zero-order chi connectivity index (χ0) is 56.5. The number of unbranched alkanes of at least 4 members (excludes halogenated alkanes) is 2. The lowest BCUT2D eigenvalue weighted by atomic mass is 9.77. The van der Waals surface area contributed by atoms with Crippen LogP contribution in [-0.2, 0) is 52.4 Å². The second-order valence-electron chi connectivity index (χ2n) is 28.9. The fraction of sp³-hybridized carbons (Fsp3) is 0.917. The molecule has 1 unspecified atom stereocenters. The van der Waals surface area contributed by atoms with Gasteiger partial charge in [0, 0.05) is 82.8 Å². The summed E-state index contributed by atoms with van der Waals surface area (Å²) in [7, 11) is 0. The Kier molecular flexibility index (Phi) is 22.0. The van der Waals surface area contributed by atoms with Crippen LogP contribution in [0.5, 0.6) is 0 Å². The Balaban J connectivity index is 1.39. The molecule has 0 aromatic carbocycles. The van der Waals surface area contributed by atoms with Gasteiger partial charge in [-0.1, -0.05) is 39.5 Å². The van der Waals surface area contributed by atoms with Crippen LogP contribution in [0, 0.1) is 10.8 Å². The third kappa shape index (κ3) is 20.7. The molecule has 0 aliphatic carbocycles. The van der Waals surface area contributed by atoms with Crippen molar-refractivity contribution in [3.63, 3.8) is 0 Å². The Morgan fingerprint density at radius 1 is 0.400 bits per heavy atom. The molecule has 4 fully saturated rings. The summed E-state index contributed by atoms with van der Waals surface area (Å²) in [6, 6.07) is 0. The SMILES string of the molecule is CCCCC(CCCOC(=O)CCC(=O)OCCCC(CCCC)(C(=O)OC1CC(C)(C)NC(C)(C)C1)C(=O)OC1CC(C)(C)NC(C)(C)C1)(COC1CC(C)(C)NC(C)(C)C1)C(=O)OC1CC(C)(C)NC(C)(C)C1. The normalized spacial score (nSPS) is 24.0. The number of nitrogens with one attached hydrogen (secondary N) is 4. The lowest BCUT2D eigenvalue weighted by Gasteiger charge is -2.47. The summed E-state index contributed by atoms with van der Waals surface area (Å²) in [6.45, 7) is 38.4. The monoisotopic (exact) mass is 1060 g/mol. The molecule has 0 radical (unpaired) electrons. The first kappa shape index (κ1) is 64.7. The number of carbonyl (C=O) groups excluding carboxylic acids is 5. The van der Waals surface area contributed by atoms with E-state index < -0.39 is 46.9 Å². The predicted molar refractivity (Wildman–Crippen MR) is 295 cm³/mol. The molecule has 434 valence electrons. The molecular formula is C60H108N4O11. The van der Waals surface area contributed by atoms with E-state index in [0.717, 1.165) is 32.1 Å². The first-order chi connectivity index (χ1) is 34.3. The maximum Gasteiger partial charge on any atom is 0.323 e. The van der Waals surface area contributed by atoms with E-state index in [1.54, 1.807) is 0 Å². The highest BCUT2D eigenvalue weighted by Crippen LogP contribution is 2.42. The molecule has 0 saturated carbocycles. The predicted octanol–water partition coefficient (Wildman–Crippen LogP) is 10.6. The van der Waals surface area contributed by atoms with Crippen molar-refractivity contribution in [2.24, 2.45) is 10.8 Å². The van der Waals surface area contributed by atoms with Gasteiger partial charge in [0.05, 0.1) is 44.2 Å². The van der Waals surface area contributed by atoms with Crippen LogP contribution in [0.1, 0.15) is 253 Å². The van der Waals surface area contributed by atoms with Gasteiger partial charge in [-0.05, 0) is 162 Å². The zero-order valence-electron chi connectivity index (χ0n) is 50.6. The van der Waals surface area contributed by atoms with Crippen molar-refractivity contribution in [1.29, 1.82) is 0 Å². The van der Waals surface area contributed by atoms with Gasteiger partial charge < -0.3 is 49.7 Å². The summed E-state index contributed by atoms with van der Waals surface area (Å²) in [6.07, 6.45) is 8.87. The van der Waals surface area contributed by atoms with Crippen LogP contribution in [0.15, 0.2) is 0 Å². The van der Waals surface area contributed by atoms with Gasteiger partial charge in [-0.15, -0.1) is 0 Å². The van der Waals surface area contributed by atoms with E-state index in [2.05, 4.69) is 139 Å². The van der Waals surface area contributed by atoms with Gasteiger partial charge in [0.2, 0.25) is 0 Å². The first-order valence-electron chi connectivity index (χ1n) is 29.1. The van der Waals surface area contributed by atoms with Crippen molar-refractivity contribution in [1.82, 2.24) is 21.3 Å². The molecule has 0 aromatic rings. The molecule has 4 aliphatic rings. The van der Waals surface area contributed by atoms with Crippen LogP contribution in [0.3, 0.4) is 0 Å². The van der Waals surface area contributed by atoms with E-state index in [1.165, 1.54) is 0 Å². The fourth-order valence-electron chi connectivity index (χ4n) is 14.0. The summed E-state index contributed by atoms with van der Waals surface area (Å²) in [4.78, 5) is 70.3. The highest BCUT2D eigenvalue weighted by atomic mass is 16.6. The minimum atomic E-state index is -1.59. The Morgan fingerprint density at radius 2 is 0.680 bits per heavy atom. The van der Waals surface area contributed by atoms with E-state index >= 15 is 0 Å². The third-order valence-corrected chi connectivity index (χ3v) is 15.8. The third-order valence-electron chi connectivity index (χ3n) is 15.8. The van der Waals surface area contributed by atoms with Crippen molar-refractivity contribution in [2.45, 2.75) is 322 Å². The molecule has 4 aliphatic heterocycles. The number of carbonyl (C=O) groups is 5. The van der Waals surface area contributed by atoms with Gasteiger partial charge in [-0.2, -0.15) is 0 Å². The molecule has 4 rings (SSSR count). The Labute approximate surface area is 454 Å². The molecule has 4 heterocycles. The molecule has 0 amide bonds. The number of hydrogen-bond acceptors (Lipinski definition) is 15. The lowest BCUT2D eigenvalue weighted by Crippen LogP contribution is -2.61. The van der Waals surface area contributed by atoms with E-state index in [-0.39, 0.29) is 114 Å². The smallest absolute Gasteiger partial charge is 0.323 e. The molecule has 15 heteroatoms. The number of rotatable bonds is 26. The van der Waals surface area contributed by atoms with Crippen LogP contribution in [0.2, 0.25) is 0 Å². The standard InChI is InChI=1S/C60H108N4O11/c1-19-21-27-59(41-72-42-33-51(3,4)61-52(5,6)34-42,48(67)73-43-35-53(7,8)62-54(9,10)36-43)28-23-31-70-46(65)25-26-47(66)71-32-24-30-60(29-22-20-2,49(68)74-44-37-55(11,12)63-56(13,14)38-44)50(69)75-45-39-57(15,16)64-58(17,18)40-45/h42-45,61-64H,19-41H2,1-18H3. The van der Waals surface area contributed by atoms with E-state index in [1.807, 2.05) is 6.92 Å². The summed E-state index contributed by atoms with van der Waals surface area (Å²) < 4.78 is 37.3. The number of piperidine rings is 4. The maximum atomic E-state index is 14.7. The minimum Gasteiger partial charge on any atom is -0.466 e. The number of ether oxygens (including phenoxy) is 6. The van der Waals surface area contributed by atoms with Gasteiger partial charge >= 0.3 is 29.8 Å². The zero-order valence-corrected chi connectivity index (χ0v) is 50.6. The first-order valence-corrected chi connectivity index (χ1v) is 29.1. The molecule has 4 N–H and O–H groups in total. The molecule has 75 heavy (non-hydrogen) atoms. The molecule has 0 aromatic heterocycles. The van der Waals surface area contributed by atoms with Crippen LogP contribution in [0.25, 0.3) is 0 Å². The topological polar surface area (TPSA) is 189 Å². The Morgan fingerprint density at radius 3 is 1.03 bits per heavy atom. The second-order valence-corrected chi connectivity index (χ2v) is 28.9. The van der Waals surface area contributed by atoms with E-state index in [4.69, 9.17) is 28.4 Å². The van der Waals surface area contributed by atoms with E-state index in [9.17, 15) is 24.0 Å². The number of hydrogen-bond donors (Lipinski definition) is 4. The van der Waals surface area contributed by atoms with Crippen LogP contribution >= 0.6 is 0 Å². The van der Waals surface area contributed by atoms with Crippen LogP contribution < -0.4 is 21.3 Å². The molecular weight excluding hydrogens is 953 g/mol. The van der Waals surface area contributed by atoms with Crippen molar-refractivity contribution in [3.8, 4) is 0 Å². The van der Waals surface area contributed by atoms with Crippen molar-refractivity contribution in [2.75, 3.05) is 19.8 Å². The maximum absolute atomic E-state index is 14.7. The summed E-state index contributed by atoms with van der Waals surface area (Å²) in [5.41, 5.74) is -4.38. The summed E-state index contributed by atoms with van der Waals surface area (Å²) >= 11 is 0. The minimum absolute atomic E-state index is 0.0502. The fourth-order valence-corrected chi connectivity index (χ4v) is 14.0. The van der Waals surface area contributed by atoms with Crippen molar-refractivity contribution in [3.05, 3.63) is 0 Å². The molecule has 1 atom stereocenters. The van der Waals surface area contributed by atoms with Gasteiger partial charge in [0.25, 0.3) is 0 Å². The Bertz CT molecular complexity index is 1810. The summed E-state index contributed by atoms with van der Waals surface area (Å²) in [5.74, 6) is -2.55. The van der Waals surface area contributed by atoms with Gasteiger partial charge in [-0.25, -0.2) is 0 Å². The lowest BCUT2D eigenvalue weighted by molar-refractivity contribution is -0.185. The average molecular weight is 1060 g/mol. The van der Waals surface area contributed by atoms with E-state index in [0.29, 0.717) is 64.2 Å². The molecule has 4 saturated heterocycles. The molecule has 15 nitrogen and oxygen atoms in total. The largest absolute Gasteiger partial charge is 0.466 e. The van der Waals surface area contributed by atoms with Gasteiger partial charge in [0.1, 0.15) is 18.3 Å². The highest BCUT2D eigenvalue weighted by molar-refractivity contribution is 6.00.